The van der Waals surface area contributed by atoms with Gasteiger partial charge < -0.3 is 5.11 Å². The van der Waals surface area contributed by atoms with E-state index in [0.717, 1.165) is 0 Å². The zero-order valence-electron chi connectivity index (χ0n) is 7.87. The SMILES string of the molecule is O=C=C(CCC(=O)O)c1ccc(Cl)cc1. The minimum atomic E-state index is -0.934. The van der Waals surface area contributed by atoms with Crippen molar-refractivity contribution in [1.29, 1.82) is 0 Å². The van der Waals surface area contributed by atoms with Crippen LogP contribution in [-0.4, -0.2) is 17.0 Å². The minimum absolute atomic E-state index is 0.0762. The number of benzene rings is 1. The Morgan fingerprint density at radius 2 is 1.87 bits per heavy atom. The molecule has 1 aromatic carbocycles. The fourth-order valence-electron chi connectivity index (χ4n) is 1.14. The Morgan fingerprint density at radius 3 is 2.33 bits per heavy atom. The summed E-state index contributed by atoms with van der Waals surface area (Å²) in [5.74, 6) is 0.820. The molecule has 0 radical (unpaired) electrons. The summed E-state index contributed by atoms with van der Waals surface area (Å²) in [6, 6.07) is 6.64. The van der Waals surface area contributed by atoms with E-state index in [0.29, 0.717) is 16.2 Å². The van der Waals surface area contributed by atoms with Gasteiger partial charge >= 0.3 is 5.97 Å². The first-order valence-corrected chi connectivity index (χ1v) is 4.73. The minimum Gasteiger partial charge on any atom is -0.481 e. The molecule has 0 spiro atoms. The van der Waals surface area contributed by atoms with E-state index in [-0.39, 0.29) is 12.8 Å². The van der Waals surface area contributed by atoms with Crippen molar-refractivity contribution in [3.8, 4) is 0 Å². The summed E-state index contributed by atoms with van der Waals surface area (Å²) >= 11 is 5.69. The molecule has 15 heavy (non-hydrogen) atoms. The van der Waals surface area contributed by atoms with Crippen LogP contribution in [0.25, 0.3) is 5.57 Å². The summed E-state index contributed by atoms with van der Waals surface area (Å²) in [5, 5.41) is 9.06. The zero-order chi connectivity index (χ0) is 11.3. The summed E-state index contributed by atoms with van der Waals surface area (Å²) in [7, 11) is 0. The number of hydrogen-bond acceptors (Lipinski definition) is 2. The lowest BCUT2D eigenvalue weighted by molar-refractivity contribution is -0.136. The normalized spacial score (nSPS) is 9.40. The number of carbonyl (C=O) groups is 1. The highest BCUT2D eigenvalue weighted by Gasteiger charge is 2.05. The average molecular weight is 225 g/mol. The van der Waals surface area contributed by atoms with Gasteiger partial charge in [-0.25, -0.2) is 4.79 Å². The highest BCUT2D eigenvalue weighted by Crippen LogP contribution is 2.19. The Bertz CT molecular complexity index is 402. The fourth-order valence-corrected chi connectivity index (χ4v) is 1.26. The molecule has 0 saturated heterocycles. The van der Waals surface area contributed by atoms with Crippen LogP contribution in [0.2, 0.25) is 5.02 Å². The third-order valence-corrected chi connectivity index (χ3v) is 2.16. The molecule has 1 aromatic rings. The molecule has 0 amide bonds. The maximum atomic E-state index is 10.6. The van der Waals surface area contributed by atoms with Gasteiger partial charge in [0.15, 0.2) is 0 Å². The molecule has 1 rings (SSSR count). The van der Waals surface area contributed by atoms with E-state index in [1.807, 2.05) is 0 Å². The third kappa shape index (κ3) is 3.58. The van der Waals surface area contributed by atoms with Gasteiger partial charge in [0.25, 0.3) is 0 Å². The van der Waals surface area contributed by atoms with Crippen molar-refractivity contribution >= 4 is 29.1 Å². The second-order valence-electron chi connectivity index (χ2n) is 2.98. The van der Waals surface area contributed by atoms with Crippen LogP contribution in [0, 0.1) is 0 Å². The van der Waals surface area contributed by atoms with Crippen LogP contribution in [0.5, 0.6) is 0 Å². The first-order valence-electron chi connectivity index (χ1n) is 4.35. The molecule has 1 N–H and O–H groups in total. The van der Waals surface area contributed by atoms with E-state index in [2.05, 4.69) is 0 Å². The zero-order valence-corrected chi connectivity index (χ0v) is 8.62. The maximum Gasteiger partial charge on any atom is 0.303 e. The number of carboxylic acid groups (broad SMARTS) is 1. The molecule has 0 heterocycles. The van der Waals surface area contributed by atoms with E-state index in [1.165, 1.54) is 0 Å². The van der Waals surface area contributed by atoms with Gasteiger partial charge in [0, 0.05) is 10.6 Å². The fraction of sp³-hybridized carbons (Fsp3) is 0.182. The molecule has 0 fully saturated rings. The van der Waals surface area contributed by atoms with Gasteiger partial charge in [-0.3, -0.25) is 4.79 Å². The van der Waals surface area contributed by atoms with E-state index >= 15 is 0 Å². The Kier molecular flexibility index (Phi) is 4.10. The van der Waals surface area contributed by atoms with E-state index < -0.39 is 5.97 Å². The van der Waals surface area contributed by atoms with Gasteiger partial charge in [0.05, 0.1) is 6.42 Å². The van der Waals surface area contributed by atoms with Crippen LogP contribution in [0.1, 0.15) is 18.4 Å². The van der Waals surface area contributed by atoms with Gasteiger partial charge in [0.2, 0.25) is 0 Å². The van der Waals surface area contributed by atoms with Crippen LogP contribution < -0.4 is 0 Å². The first-order chi connectivity index (χ1) is 7.13. The number of carboxylic acids is 1. The summed E-state index contributed by atoms with van der Waals surface area (Å²) in [4.78, 5) is 21.0. The molecule has 3 nitrogen and oxygen atoms in total. The first kappa shape index (κ1) is 11.5. The molecule has 0 atom stereocenters. The number of carbonyl (C=O) groups excluding carboxylic acids is 1. The van der Waals surface area contributed by atoms with Crippen molar-refractivity contribution in [2.45, 2.75) is 12.8 Å². The van der Waals surface area contributed by atoms with Crippen LogP contribution in [0.4, 0.5) is 0 Å². The van der Waals surface area contributed by atoms with Gasteiger partial charge in [0.1, 0.15) is 5.94 Å². The number of rotatable bonds is 4. The Hall–Kier alpha value is -1.57. The topological polar surface area (TPSA) is 54.4 Å². The van der Waals surface area contributed by atoms with Crippen molar-refractivity contribution in [1.82, 2.24) is 0 Å². The predicted molar refractivity (Wildman–Crippen MR) is 57.4 cm³/mol. The number of hydrogen-bond donors (Lipinski definition) is 1. The Balaban J connectivity index is 2.80. The average Bonchev–Trinajstić information content (AvgIpc) is 2.21. The molecule has 0 bridgehead atoms. The molecule has 78 valence electrons. The third-order valence-electron chi connectivity index (χ3n) is 1.90. The lowest BCUT2D eigenvalue weighted by Gasteiger charge is -2.01. The van der Waals surface area contributed by atoms with Crippen molar-refractivity contribution in [3.63, 3.8) is 0 Å². The van der Waals surface area contributed by atoms with Crippen LogP contribution in [-0.2, 0) is 9.59 Å². The highest BCUT2D eigenvalue weighted by atomic mass is 35.5. The molecule has 0 aromatic heterocycles. The molecule has 0 aliphatic carbocycles. The van der Waals surface area contributed by atoms with Gasteiger partial charge in [-0.1, -0.05) is 23.7 Å². The van der Waals surface area contributed by atoms with E-state index in [4.69, 9.17) is 16.7 Å². The van der Waals surface area contributed by atoms with E-state index in [1.54, 1.807) is 30.2 Å². The van der Waals surface area contributed by atoms with Gasteiger partial charge in [-0.05, 0) is 24.1 Å². The summed E-state index contributed by atoms with van der Waals surface area (Å²) in [5.41, 5.74) is 1.02. The van der Waals surface area contributed by atoms with Crippen molar-refractivity contribution < 1.29 is 14.7 Å². The van der Waals surface area contributed by atoms with Gasteiger partial charge in [-0.2, -0.15) is 0 Å². The molecular weight excluding hydrogens is 216 g/mol. The molecule has 0 aliphatic heterocycles. The second-order valence-corrected chi connectivity index (χ2v) is 3.42. The summed E-state index contributed by atoms with van der Waals surface area (Å²) in [6.07, 6.45) is 0.105. The van der Waals surface area contributed by atoms with E-state index in [9.17, 15) is 9.59 Å². The largest absolute Gasteiger partial charge is 0.481 e. The Morgan fingerprint density at radius 1 is 1.27 bits per heavy atom. The molecular formula is C11H9ClO3. The molecule has 0 aliphatic rings. The van der Waals surface area contributed by atoms with Crippen molar-refractivity contribution in [2.75, 3.05) is 0 Å². The number of halogens is 1. The number of aliphatic carboxylic acids is 1. The molecule has 4 heteroatoms. The summed E-state index contributed by atoms with van der Waals surface area (Å²) < 4.78 is 0. The molecule has 0 saturated carbocycles. The van der Waals surface area contributed by atoms with Crippen LogP contribution in [0.3, 0.4) is 0 Å². The lowest BCUT2D eigenvalue weighted by Crippen LogP contribution is -1.96. The van der Waals surface area contributed by atoms with Crippen molar-refractivity contribution in [3.05, 3.63) is 34.9 Å². The summed E-state index contributed by atoms with van der Waals surface area (Å²) in [6.45, 7) is 0. The molecule has 0 unspecified atom stereocenters. The van der Waals surface area contributed by atoms with Crippen LogP contribution in [0.15, 0.2) is 24.3 Å². The Labute approximate surface area is 92.0 Å². The highest BCUT2D eigenvalue weighted by molar-refractivity contribution is 6.30. The van der Waals surface area contributed by atoms with Gasteiger partial charge in [-0.15, -0.1) is 0 Å². The quantitative estimate of drug-likeness (QED) is 0.800. The van der Waals surface area contributed by atoms with Crippen LogP contribution >= 0.6 is 11.6 Å². The smallest absolute Gasteiger partial charge is 0.303 e. The predicted octanol–water partition coefficient (Wildman–Crippen LogP) is 2.42. The second kappa shape index (κ2) is 5.35. The maximum absolute atomic E-state index is 10.6. The monoisotopic (exact) mass is 224 g/mol. The standard InChI is InChI=1S/C11H9ClO3/c12-10-4-1-8(2-5-10)9(7-13)3-6-11(14)15/h1-2,4-5H,3,6H2,(H,14,15). The number of allylic oxidation sites excluding steroid dienone is 1. The van der Waals surface area contributed by atoms with Crippen molar-refractivity contribution in [2.24, 2.45) is 0 Å². The lowest BCUT2D eigenvalue weighted by atomic mass is 10.0.